The van der Waals surface area contributed by atoms with Crippen LogP contribution in [0.5, 0.6) is 5.75 Å². The Bertz CT molecular complexity index is 343. The average Bonchev–Trinajstić information content (AvgIpc) is 2.51. The van der Waals surface area contributed by atoms with Crippen LogP contribution in [-0.4, -0.2) is 5.94 Å². The van der Waals surface area contributed by atoms with E-state index in [2.05, 4.69) is 6.07 Å². The van der Waals surface area contributed by atoms with E-state index in [0.29, 0.717) is 12.4 Å². The summed E-state index contributed by atoms with van der Waals surface area (Å²) in [6, 6.07) is 8.05. The first-order valence-electron chi connectivity index (χ1n) is 3.65. The fourth-order valence-corrected chi connectivity index (χ4v) is 1.88. The molecule has 0 N–H and O–H groups in total. The molecule has 1 heterocycles. The monoisotopic (exact) mass is 177 g/mol. The predicted octanol–water partition coefficient (Wildman–Crippen LogP) is 2.19. The Labute approximate surface area is 75.1 Å². The molecule has 1 aliphatic rings. The van der Waals surface area contributed by atoms with Crippen molar-refractivity contribution in [3.8, 4) is 11.8 Å². The van der Waals surface area contributed by atoms with Gasteiger partial charge in [0.1, 0.15) is 11.7 Å². The molecule has 1 aliphatic heterocycles. The minimum Gasteiger partial charge on any atom is -0.481 e. The van der Waals surface area contributed by atoms with Crippen molar-refractivity contribution >= 4 is 11.8 Å². The standard InChI is InChI=1S/C9H7NOS/c10-4-3-7-1-2-9-8(5-7)11-6-12-9/h1-2,5H,3,6H2. The third-order valence-corrected chi connectivity index (χ3v) is 2.60. The predicted molar refractivity (Wildman–Crippen MR) is 47.1 cm³/mol. The Hall–Kier alpha value is -1.14. The first-order valence-corrected chi connectivity index (χ1v) is 4.64. The van der Waals surface area contributed by atoms with Gasteiger partial charge in [-0.05, 0) is 17.7 Å². The lowest BCUT2D eigenvalue weighted by Gasteiger charge is -1.98. The zero-order valence-electron chi connectivity index (χ0n) is 6.41. The number of benzene rings is 1. The molecule has 1 aromatic carbocycles. The molecule has 3 heteroatoms. The minimum absolute atomic E-state index is 0.460. The van der Waals surface area contributed by atoms with E-state index in [1.54, 1.807) is 11.8 Å². The van der Waals surface area contributed by atoms with E-state index in [1.165, 1.54) is 4.90 Å². The average molecular weight is 177 g/mol. The molecule has 0 amide bonds. The second kappa shape index (κ2) is 3.08. The van der Waals surface area contributed by atoms with Crippen LogP contribution in [0, 0.1) is 11.3 Å². The Balaban J connectivity index is 2.34. The number of hydrogen-bond acceptors (Lipinski definition) is 3. The summed E-state index contributed by atoms with van der Waals surface area (Å²) in [6.07, 6.45) is 0.460. The summed E-state index contributed by atoms with van der Waals surface area (Å²) in [5, 5.41) is 8.47. The molecule has 2 nitrogen and oxygen atoms in total. The molecule has 0 fully saturated rings. The van der Waals surface area contributed by atoms with Gasteiger partial charge in [0.2, 0.25) is 0 Å². The zero-order valence-corrected chi connectivity index (χ0v) is 7.23. The van der Waals surface area contributed by atoms with Crippen molar-refractivity contribution in [2.75, 3.05) is 5.94 Å². The number of fused-ring (bicyclic) bond motifs is 1. The summed E-state index contributed by atoms with van der Waals surface area (Å²) in [4.78, 5) is 1.18. The molecule has 0 bridgehead atoms. The second-order valence-electron chi connectivity index (χ2n) is 2.52. The quantitative estimate of drug-likeness (QED) is 0.659. The van der Waals surface area contributed by atoms with Crippen LogP contribution in [0.15, 0.2) is 23.1 Å². The van der Waals surface area contributed by atoms with Crippen molar-refractivity contribution in [1.29, 1.82) is 5.26 Å². The van der Waals surface area contributed by atoms with Crippen LogP contribution in [-0.2, 0) is 6.42 Å². The van der Waals surface area contributed by atoms with E-state index in [-0.39, 0.29) is 0 Å². The van der Waals surface area contributed by atoms with Gasteiger partial charge in [-0.15, -0.1) is 0 Å². The fourth-order valence-electron chi connectivity index (χ4n) is 1.14. The lowest BCUT2D eigenvalue weighted by molar-refractivity contribution is 0.397. The molecule has 0 atom stereocenters. The molecule has 1 aromatic rings. The van der Waals surface area contributed by atoms with Crippen LogP contribution in [0.25, 0.3) is 0 Å². The smallest absolute Gasteiger partial charge is 0.138 e. The highest BCUT2D eigenvalue weighted by atomic mass is 32.2. The highest BCUT2D eigenvalue weighted by molar-refractivity contribution is 7.99. The van der Waals surface area contributed by atoms with Crippen LogP contribution < -0.4 is 4.74 Å². The molecule has 0 saturated heterocycles. The van der Waals surface area contributed by atoms with Gasteiger partial charge in [0.15, 0.2) is 0 Å². The Morgan fingerprint density at radius 2 is 2.50 bits per heavy atom. The minimum atomic E-state index is 0.460. The molecule has 0 unspecified atom stereocenters. The maximum atomic E-state index is 8.47. The van der Waals surface area contributed by atoms with Crippen molar-refractivity contribution in [3.63, 3.8) is 0 Å². The van der Waals surface area contributed by atoms with E-state index in [4.69, 9.17) is 10.00 Å². The summed E-state index contributed by atoms with van der Waals surface area (Å²) in [5.74, 6) is 1.62. The molecule has 0 aliphatic carbocycles. The fraction of sp³-hybridized carbons (Fsp3) is 0.222. The highest BCUT2D eigenvalue weighted by Crippen LogP contribution is 2.36. The number of thioether (sulfide) groups is 1. The summed E-state index contributed by atoms with van der Waals surface area (Å²) in [5.41, 5.74) is 1.03. The molecule has 0 saturated carbocycles. The number of ether oxygens (including phenoxy) is 1. The van der Waals surface area contributed by atoms with Crippen LogP contribution in [0.4, 0.5) is 0 Å². The molecule has 2 rings (SSSR count). The van der Waals surface area contributed by atoms with Crippen molar-refractivity contribution in [1.82, 2.24) is 0 Å². The Kier molecular flexibility index (Phi) is 1.92. The van der Waals surface area contributed by atoms with Crippen LogP contribution in [0.1, 0.15) is 5.56 Å². The number of hydrogen-bond donors (Lipinski definition) is 0. The first-order chi connectivity index (χ1) is 5.90. The lowest BCUT2D eigenvalue weighted by Crippen LogP contribution is -1.85. The van der Waals surface area contributed by atoms with E-state index < -0.39 is 0 Å². The molecule has 0 aromatic heterocycles. The van der Waals surface area contributed by atoms with Crippen molar-refractivity contribution < 1.29 is 4.74 Å². The molecular weight excluding hydrogens is 170 g/mol. The zero-order chi connectivity index (χ0) is 8.39. The maximum Gasteiger partial charge on any atom is 0.138 e. The molecule has 60 valence electrons. The van der Waals surface area contributed by atoms with Gasteiger partial charge in [-0.2, -0.15) is 5.26 Å². The SMILES string of the molecule is N#CCc1ccc2c(c1)OCS2. The van der Waals surface area contributed by atoms with E-state index in [9.17, 15) is 0 Å². The van der Waals surface area contributed by atoms with Gasteiger partial charge in [0.05, 0.1) is 17.4 Å². The topological polar surface area (TPSA) is 33.0 Å². The number of nitrogens with zero attached hydrogens (tertiary/aromatic N) is 1. The van der Waals surface area contributed by atoms with Gasteiger partial charge >= 0.3 is 0 Å². The number of rotatable bonds is 1. The Morgan fingerprint density at radius 3 is 3.33 bits per heavy atom. The van der Waals surface area contributed by atoms with Gasteiger partial charge in [0, 0.05) is 0 Å². The summed E-state index contributed by atoms with van der Waals surface area (Å²) in [6.45, 7) is 0. The normalized spacial score (nSPS) is 13.2. The molecule has 0 radical (unpaired) electrons. The summed E-state index contributed by atoms with van der Waals surface area (Å²) < 4.78 is 5.34. The summed E-state index contributed by atoms with van der Waals surface area (Å²) >= 11 is 1.69. The third kappa shape index (κ3) is 1.26. The molecular formula is C9H7NOS. The number of nitriles is 1. The van der Waals surface area contributed by atoms with Gasteiger partial charge in [0.25, 0.3) is 0 Å². The van der Waals surface area contributed by atoms with Crippen molar-refractivity contribution in [2.24, 2.45) is 0 Å². The van der Waals surface area contributed by atoms with Crippen LogP contribution in [0.3, 0.4) is 0 Å². The van der Waals surface area contributed by atoms with E-state index in [0.717, 1.165) is 11.3 Å². The van der Waals surface area contributed by atoms with Crippen LogP contribution >= 0.6 is 11.8 Å². The Morgan fingerprint density at radius 1 is 1.58 bits per heavy atom. The largest absolute Gasteiger partial charge is 0.481 e. The third-order valence-electron chi connectivity index (χ3n) is 1.72. The van der Waals surface area contributed by atoms with E-state index in [1.807, 2.05) is 18.2 Å². The van der Waals surface area contributed by atoms with Gasteiger partial charge < -0.3 is 4.74 Å². The first kappa shape index (κ1) is 7.51. The maximum absolute atomic E-state index is 8.47. The summed E-state index contributed by atoms with van der Waals surface area (Å²) in [7, 11) is 0. The molecule has 12 heavy (non-hydrogen) atoms. The molecule has 0 spiro atoms. The lowest BCUT2D eigenvalue weighted by atomic mass is 10.1. The van der Waals surface area contributed by atoms with E-state index >= 15 is 0 Å². The second-order valence-corrected chi connectivity index (χ2v) is 3.49. The van der Waals surface area contributed by atoms with Gasteiger partial charge in [-0.3, -0.25) is 0 Å². The van der Waals surface area contributed by atoms with Gasteiger partial charge in [-0.25, -0.2) is 0 Å². The van der Waals surface area contributed by atoms with Crippen LogP contribution in [0.2, 0.25) is 0 Å². The highest BCUT2D eigenvalue weighted by Gasteiger charge is 2.12. The van der Waals surface area contributed by atoms with Gasteiger partial charge in [-0.1, -0.05) is 17.8 Å². The van der Waals surface area contributed by atoms with Crippen molar-refractivity contribution in [2.45, 2.75) is 11.3 Å². The van der Waals surface area contributed by atoms with Crippen molar-refractivity contribution in [3.05, 3.63) is 23.8 Å².